The average molecular weight is 606 g/mol. The molecule has 0 radical (unpaired) electrons. The van der Waals surface area contributed by atoms with Crippen LogP contribution >= 0.6 is 11.6 Å². The fourth-order valence-corrected chi connectivity index (χ4v) is 6.24. The quantitative estimate of drug-likeness (QED) is 0.247. The van der Waals surface area contributed by atoms with Gasteiger partial charge in [-0.2, -0.15) is 0 Å². The van der Waals surface area contributed by atoms with Gasteiger partial charge >= 0.3 is 0 Å². The zero-order valence-corrected chi connectivity index (χ0v) is 24.9. The first-order valence-corrected chi connectivity index (χ1v) is 15.1. The van der Waals surface area contributed by atoms with Gasteiger partial charge in [0.1, 0.15) is 18.3 Å². The first-order chi connectivity index (χ1) is 20.3. The normalized spacial score (nSPS) is 11.8. The van der Waals surface area contributed by atoms with Crippen molar-refractivity contribution in [2.24, 2.45) is 0 Å². The van der Waals surface area contributed by atoms with Gasteiger partial charge in [-0.15, -0.1) is 0 Å². The van der Waals surface area contributed by atoms with Crippen molar-refractivity contribution >= 4 is 39.1 Å². The number of halogens is 1. The molecule has 0 unspecified atom stereocenters. The van der Waals surface area contributed by atoms with Crippen molar-refractivity contribution in [2.75, 3.05) is 25.0 Å². The predicted molar refractivity (Wildman–Crippen MR) is 164 cm³/mol. The van der Waals surface area contributed by atoms with Gasteiger partial charge in [0.15, 0.2) is 0 Å². The molecule has 0 bridgehead atoms. The number of ether oxygens (including phenoxy) is 1. The number of carbonyl (C=O) groups excluding carboxylic acids is 2. The second kappa shape index (κ2) is 14.0. The number of methoxy groups -OCH3 is 1. The standard InChI is InChI=1S/C32H32ClN3O5S/c1-34-32(38)29(21-24-13-5-3-6-14-24)35(22-25-15-9-10-18-27(25)33)31(37)23-36(28-19-11-12-20-30(28)41-2)42(39,40)26-16-7-4-8-17-26/h3-20,29H,21-23H2,1-2H3,(H,34,38)/t29-/m1/s1. The van der Waals surface area contributed by atoms with Gasteiger partial charge in [-0.25, -0.2) is 8.42 Å². The SMILES string of the molecule is CNC(=O)[C@@H](Cc1ccccc1)N(Cc1ccccc1Cl)C(=O)CN(c1ccccc1OC)S(=O)(=O)c1ccccc1. The number of anilines is 1. The molecule has 1 atom stereocenters. The first kappa shape index (κ1) is 30.6. The minimum atomic E-state index is -4.23. The van der Waals surface area contributed by atoms with Crippen LogP contribution in [0.15, 0.2) is 114 Å². The average Bonchev–Trinajstić information content (AvgIpc) is 3.02. The highest BCUT2D eigenvalue weighted by Crippen LogP contribution is 2.32. The second-order valence-electron chi connectivity index (χ2n) is 9.43. The third-order valence-electron chi connectivity index (χ3n) is 6.78. The summed E-state index contributed by atoms with van der Waals surface area (Å²) in [4.78, 5) is 29.0. The molecule has 218 valence electrons. The fraction of sp³-hybridized carbons (Fsp3) is 0.188. The van der Waals surface area contributed by atoms with Gasteiger partial charge in [0, 0.05) is 25.0 Å². The van der Waals surface area contributed by atoms with Gasteiger partial charge in [-0.3, -0.25) is 13.9 Å². The molecular formula is C32H32ClN3O5S. The van der Waals surface area contributed by atoms with Crippen LogP contribution in [0.1, 0.15) is 11.1 Å². The number of nitrogens with one attached hydrogen (secondary N) is 1. The number of hydrogen-bond acceptors (Lipinski definition) is 5. The van der Waals surface area contributed by atoms with Gasteiger partial charge in [0.25, 0.3) is 10.0 Å². The van der Waals surface area contributed by atoms with E-state index < -0.39 is 34.4 Å². The van der Waals surface area contributed by atoms with E-state index in [1.54, 1.807) is 66.7 Å². The highest BCUT2D eigenvalue weighted by Gasteiger charge is 2.35. The molecule has 0 saturated carbocycles. The summed E-state index contributed by atoms with van der Waals surface area (Å²) < 4.78 is 34.5. The number of hydrogen-bond donors (Lipinski definition) is 1. The lowest BCUT2D eigenvalue weighted by Crippen LogP contribution is -2.53. The van der Waals surface area contributed by atoms with Crippen LogP contribution in [0.2, 0.25) is 5.02 Å². The Morgan fingerprint density at radius 3 is 2.10 bits per heavy atom. The molecule has 2 amide bonds. The fourth-order valence-electron chi connectivity index (χ4n) is 4.60. The Morgan fingerprint density at radius 2 is 1.45 bits per heavy atom. The number of amides is 2. The zero-order chi connectivity index (χ0) is 30.1. The monoisotopic (exact) mass is 605 g/mol. The van der Waals surface area contributed by atoms with Gasteiger partial charge in [0.05, 0.1) is 17.7 Å². The van der Waals surface area contributed by atoms with E-state index in [0.29, 0.717) is 10.6 Å². The van der Waals surface area contributed by atoms with Crippen LogP contribution in [-0.2, 0) is 32.6 Å². The van der Waals surface area contributed by atoms with E-state index in [0.717, 1.165) is 9.87 Å². The van der Waals surface area contributed by atoms with Crippen molar-refractivity contribution in [3.05, 3.63) is 125 Å². The highest BCUT2D eigenvalue weighted by molar-refractivity contribution is 7.92. The molecule has 42 heavy (non-hydrogen) atoms. The van der Waals surface area contributed by atoms with Crippen LogP contribution in [0.25, 0.3) is 0 Å². The van der Waals surface area contributed by atoms with Gasteiger partial charge < -0.3 is 15.0 Å². The van der Waals surface area contributed by atoms with Crippen LogP contribution in [0.5, 0.6) is 5.75 Å². The molecule has 0 aliphatic heterocycles. The molecule has 0 aromatic heterocycles. The van der Waals surface area contributed by atoms with Gasteiger partial charge in [-0.05, 0) is 41.5 Å². The number of nitrogens with zero attached hydrogens (tertiary/aromatic N) is 2. The largest absolute Gasteiger partial charge is 0.495 e. The topological polar surface area (TPSA) is 96.0 Å². The maximum absolute atomic E-state index is 14.3. The molecule has 1 N–H and O–H groups in total. The maximum atomic E-state index is 14.3. The maximum Gasteiger partial charge on any atom is 0.264 e. The number of rotatable bonds is 12. The van der Waals surface area contributed by atoms with Crippen molar-refractivity contribution in [3.8, 4) is 5.75 Å². The summed E-state index contributed by atoms with van der Waals surface area (Å²) in [6, 6.07) is 29.8. The van der Waals surface area contributed by atoms with Crippen molar-refractivity contribution < 1.29 is 22.7 Å². The summed E-state index contributed by atoms with van der Waals surface area (Å²) in [6.07, 6.45) is 0.205. The Bertz CT molecular complexity index is 1620. The highest BCUT2D eigenvalue weighted by atomic mass is 35.5. The van der Waals surface area contributed by atoms with Crippen LogP contribution < -0.4 is 14.4 Å². The summed E-state index contributed by atoms with van der Waals surface area (Å²) in [5.41, 5.74) is 1.64. The molecule has 0 fully saturated rings. The molecule has 10 heteroatoms. The third-order valence-corrected chi connectivity index (χ3v) is 8.92. The predicted octanol–water partition coefficient (Wildman–Crippen LogP) is 4.93. The number of para-hydroxylation sites is 2. The molecule has 0 aliphatic carbocycles. The van der Waals surface area contributed by atoms with Crippen LogP contribution in [0.4, 0.5) is 5.69 Å². The van der Waals surface area contributed by atoms with Gasteiger partial charge in [-0.1, -0.05) is 90.5 Å². The first-order valence-electron chi connectivity index (χ1n) is 13.3. The van der Waals surface area contributed by atoms with E-state index in [2.05, 4.69) is 5.32 Å². The molecule has 0 heterocycles. The Balaban J connectivity index is 1.82. The van der Waals surface area contributed by atoms with E-state index in [-0.39, 0.29) is 29.3 Å². The number of carbonyl (C=O) groups is 2. The summed E-state index contributed by atoms with van der Waals surface area (Å²) >= 11 is 6.48. The molecular weight excluding hydrogens is 574 g/mol. The van der Waals surface area contributed by atoms with Crippen molar-refractivity contribution in [1.82, 2.24) is 10.2 Å². The lowest BCUT2D eigenvalue weighted by molar-refractivity contribution is -0.139. The number of sulfonamides is 1. The lowest BCUT2D eigenvalue weighted by atomic mass is 10.0. The summed E-state index contributed by atoms with van der Waals surface area (Å²) in [5.74, 6) is -0.714. The molecule has 0 saturated heterocycles. The smallest absolute Gasteiger partial charge is 0.264 e. The summed E-state index contributed by atoms with van der Waals surface area (Å²) in [6.45, 7) is -0.612. The Labute approximate surface area is 251 Å². The Hall–Kier alpha value is -4.34. The minimum absolute atomic E-state index is 0.00787. The molecule has 8 nitrogen and oxygen atoms in total. The summed E-state index contributed by atoms with van der Waals surface area (Å²) in [5, 5.41) is 3.08. The Kier molecular flexibility index (Phi) is 10.2. The van der Waals surface area contributed by atoms with E-state index in [4.69, 9.17) is 16.3 Å². The number of likely N-dealkylation sites (N-methyl/N-ethyl adjacent to an activating group) is 1. The second-order valence-corrected chi connectivity index (χ2v) is 11.7. The van der Waals surface area contributed by atoms with Crippen molar-refractivity contribution in [1.29, 1.82) is 0 Å². The van der Waals surface area contributed by atoms with E-state index >= 15 is 0 Å². The molecule has 0 aliphatic rings. The van der Waals surface area contributed by atoms with Crippen LogP contribution in [0.3, 0.4) is 0 Å². The molecule has 4 aromatic rings. The van der Waals surface area contributed by atoms with E-state index in [9.17, 15) is 18.0 Å². The van der Waals surface area contributed by atoms with Crippen LogP contribution in [-0.4, -0.2) is 51.9 Å². The summed E-state index contributed by atoms with van der Waals surface area (Å²) in [7, 11) is -1.30. The van der Waals surface area contributed by atoms with Crippen LogP contribution in [0, 0.1) is 0 Å². The van der Waals surface area contributed by atoms with Crippen molar-refractivity contribution in [2.45, 2.75) is 23.9 Å². The van der Waals surface area contributed by atoms with E-state index in [1.807, 2.05) is 30.3 Å². The zero-order valence-electron chi connectivity index (χ0n) is 23.3. The van der Waals surface area contributed by atoms with E-state index in [1.165, 1.54) is 31.2 Å². The molecule has 0 spiro atoms. The third kappa shape index (κ3) is 7.10. The molecule has 4 rings (SSSR count). The van der Waals surface area contributed by atoms with Crippen molar-refractivity contribution in [3.63, 3.8) is 0 Å². The van der Waals surface area contributed by atoms with Gasteiger partial charge in [0.2, 0.25) is 11.8 Å². The lowest BCUT2D eigenvalue weighted by Gasteiger charge is -2.34. The Morgan fingerprint density at radius 1 is 0.857 bits per heavy atom. The minimum Gasteiger partial charge on any atom is -0.495 e. The molecule has 4 aromatic carbocycles. The number of benzene rings is 4.